The molecule has 0 aromatic rings. The van der Waals surface area contributed by atoms with Crippen molar-refractivity contribution in [3.63, 3.8) is 0 Å². The highest BCUT2D eigenvalue weighted by Crippen LogP contribution is 2.35. The van der Waals surface area contributed by atoms with Gasteiger partial charge in [-0.25, -0.2) is 0 Å². The van der Waals surface area contributed by atoms with Crippen LogP contribution in [-0.4, -0.2) is 12.1 Å². The number of hydrogen-bond acceptors (Lipinski definition) is 1. The zero-order valence-electron chi connectivity index (χ0n) is 8.97. The third kappa shape index (κ3) is 1.52. The van der Waals surface area contributed by atoms with Gasteiger partial charge in [0.15, 0.2) is 0 Å². The number of rotatable bonds is 0. The van der Waals surface area contributed by atoms with E-state index in [0.717, 1.165) is 18.0 Å². The summed E-state index contributed by atoms with van der Waals surface area (Å²) >= 11 is 0. The number of hydrogen-bond donors (Lipinski definition) is 1. The first kappa shape index (κ1) is 8.96. The Morgan fingerprint density at radius 2 is 1.86 bits per heavy atom. The molecule has 3 aliphatic rings. The third-order valence-corrected chi connectivity index (χ3v) is 4.32. The molecular weight excluding hydrogens is 170 g/mol. The molecule has 1 heterocycles. The highest BCUT2D eigenvalue weighted by atomic mass is 15.0. The summed E-state index contributed by atoms with van der Waals surface area (Å²) in [6.45, 7) is 0. The van der Waals surface area contributed by atoms with E-state index >= 15 is 0 Å². The zero-order valence-corrected chi connectivity index (χ0v) is 8.97. The lowest BCUT2D eigenvalue weighted by molar-refractivity contribution is 0.254. The van der Waals surface area contributed by atoms with Crippen molar-refractivity contribution in [2.24, 2.45) is 5.92 Å². The summed E-state index contributed by atoms with van der Waals surface area (Å²) in [5.41, 5.74) is 1.75. The predicted octanol–water partition coefficient (Wildman–Crippen LogP) is 3.02. The first-order valence-corrected chi connectivity index (χ1v) is 6.40. The predicted molar refractivity (Wildman–Crippen MR) is 59.2 cm³/mol. The van der Waals surface area contributed by atoms with Crippen LogP contribution in [0.5, 0.6) is 0 Å². The van der Waals surface area contributed by atoms with Gasteiger partial charge in [0.1, 0.15) is 0 Å². The van der Waals surface area contributed by atoms with E-state index in [1.807, 2.05) is 0 Å². The highest BCUT2D eigenvalue weighted by Gasteiger charge is 2.32. The summed E-state index contributed by atoms with van der Waals surface area (Å²) < 4.78 is 0. The van der Waals surface area contributed by atoms with Gasteiger partial charge in [0.25, 0.3) is 0 Å². The second-order valence-electron chi connectivity index (χ2n) is 5.26. The van der Waals surface area contributed by atoms with Crippen molar-refractivity contribution in [3.8, 4) is 0 Å². The molecule has 3 rings (SSSR count). The summed E-state index contributed by atoms with van der Waals surface area (Å²) in [6, 6.07) is 1.60. The van der Waals surface area contributed by atoms with Gasteiger partial charge in [-0.1, -0.05) is 30.9 Å². The van der Waals surface area contributed by atoms with Gasteiger partial charge in [-0.15, -0.1) is 0 Å². The topological polar surface area (TPSA) is 12.0 Å². The van der Waals surface area contributed by atoms with Gasteiger partial charge in [0, 0.05) is 12.1 Å². The van der Waals surface area contributed by atoms with Crippen LogP contribution in [0.2, 0.25) is 0 Å². The van der Waals surface area contributed by atoms with Crippen molar-refractivity contribution in [1.29, 1.82) is 0 Å². The van der Waals surface area contributed by atoms with Crippen LogP contribution < -0.4 is 5.32 Å². The van der Waals surface area contributed by atoms with E-state index in [2.05, 4.69) is 11.4 Å². The Kier molecular flexibility index (Phi) is 2.36. The lowest BCUT2D eigenvalue weighted by atomic mass is 9.76. The molecule has 0 bridgehead atoms. The smallest absolute Gasteiger partial charge is 0.0282 e. The third-order valence-electron chi connectivity index (χ3n) is 4.32. The van der Waals surface area contributed by atoms with Gasteiger partial charge in [-0.2, -0.15) is 0 Å². The number of fused-ring (bicyclic) bond motifs is 2. The Labute approximate surface area is 87.0 Å². The largest absolute Gasteiger partial charge is 0.307 e. The van der Waals surface area contributed by atoms with Gasteiger partial charge >= 0.3 is 0 Å². The van der Waals surface area contributed by atoms with Gasteiger partial charge < -0.3 is 5.32 Å². The van der Waals surface area contributed by atoms with Crippen molar-refractivity contribution >= 4 is 0 Å². The van der Waals surface area contributed by atoms with E-state index in [0.29, 0.717) is 0 Å². The summed E-state index contributed by atoms with van der Waals surface area (Å²) in [4.78, 5) is 0. The molecule has 2 fully saturated rings. The molecular formula is C13H21N. The van der Waals surface area contributed by atoms with Gasteiger partial charge in [-0.05, 0) is 38.0 Å². The van der Waals surface area contributed by atoms with Crippen molar-refractivity contribution in [3.05, 3.63) is 11.6 Å². The highest BCUT2D eigenvalue weighted by molar-refractivity contribution is 5.20. The Bertz CT molecular complexity index is 244. The van der Waals surface area contributed by atoms with Crippen molar-refractivity contribution in [2.45, 2.75) is 63.5 Å². The maximum Gasteiger partial charge on any atom is 0.0282 e. The molecule has 0 saturated heterocycles. The standard InChI is InChI=1S/C13H21N/c1-3-7-12-10(5-1)9-11-6-2-4-8-13(11)14-12/h9-10,12-14H,1-8H2. The van der Waals surface area contributed by atoms with Crippen LogP contribution in [0.4, 0.5) is 0 Å². The molecule has 0 spiro atoms. The lowest BCUT2D eigenvalue weighted by Gasteiger charge is -2.41. The Balaban J connectivity index is 1.80. The Morgan fingerprint density at radius 1 is 1.00 bits per heavy atom. The van der Waals surface area contributed by atoms with Crippen molar-refractivity contribution in [2.75, 3.05) is 0 Å². The Morgan fingerprint density at radius 3 is 2.86 bits per heavy atom. The van der Waals surface area contributed by atoms with E-state index in [4.69, 9.17) is 0 Å². The maximum atomic E-state index is 3.89. The Hall–Kier alpha value is -0.300. The van der Waals surface area contributed by atoms with Crippen LogP contribution in [0.1, 0.15) is 51.4 Å². The molecule has 1 aliphatic heterocycles. The number of nitrogens with one attached hydrogen (secondary N) is 1. The first-order valence-electron chi connectivity index (χ1n) is 6.40. The minimum Gasteiger partial charge on any atom is -0.307 e. The molecule has 14 heavy (non-hydrogen) atoms. The van der Waals surface area contributed by atoms with E-state index in [1.54, 1.807) is 5.57 Å². The van der Waals surface area contributed by atoms with Crippen LogP contribution in [0.25, 0.3) is 0 Å². The zero-order chi connectivity index (χ0) is 9.38. The molecule has 0 aromatic heterocycles. The van der Waals surface area contributed by atoms with Crippen LogP contribution >= 0.6 is 0 Å². The second kappa shape index (κ2) is 3.69. The normalized spacial score (nSPS) is 42.3. The summed E-state index contributed by atoms with van der Waals surface area (Å²) in [5.74, 6) is 0.882. The first-order chi connectivity index (χ1) is 6.93. The molecule has 1 N–H and O–H groups in total. The van der Waals surface area contributed by atoms with Crippen LogP contribution in [0.15, 0.2) is 11.6 Å². The lowest BCUT2D eigenvalue weighted by Crippen LogP contribution is -2.49. The van der Waals surface area contributed by atoms with Gasteiger partial charge in [0.2, 0.25) is 0 Å². The van der Waals surface area contributed by atoms with E-state index in [-0.39, 0.29) is 0 Å². The van der Waals surface area contributed by atoms with E-state index < -0.39 is 0 Å². The summed E-state index contributed by atoms with van der Waals surface area (Å²) in [6.07, 6.45) is 14.0. The van der Waals surface area contributed by atoms with Gasteiger partial charge in [-0.3, -0.25) is 0 Å². The fourth-order valence-electron chi connectivity index (χ4n) is 3.53. The van der Waals surface area contributed by atoms with E-state index in [1.165, 1.54) is 51.4 Å². The quantitative estimate of drug-likeness (QED) is 0.580. The summed E-state index contributed by atoms with van der Waals surface area (Å²) in [7, 11) is 0. The van der Waals surface area contributed by atoms with Crippen molar-refractivity contribution in [1.82, 2.24) is 5.32 Å². The molecule has 1 heteroatoms. The van der Waals surface area contributed by atoms with Crippen LogP contribution in [0.3, 0.4) is 0 Å². The minimum atomic E-state index is 0.767. The minimum absolute atomic E-state index is 0.767. The molecule has 0 aromatic carbocycles. The molecule has 2 aliphatic carbocycles. The molecule has 78 valence electrons. The van der Waals surface area contributed by atoms with Crippen molar-refractivity contribution < 1.29 is 0 Å². The molecule has 3 unspecified atom stereocenters. The van der Waals surface area contributed by atoms with Crippen LogP contribution in [-0.2, 0) is 0 Å². The van der Waals surface area contributed by atoms with Crippen LogP contribution in [0, 0.1) is 5.92 Å². The molecule has 0 radical (unpaired) electrons. The summed E-state index contributed by atoms with van der Waals surface area (Å²) in [5, 5.41) is 3.89. The fraction of sp³-hybridized carbons (Fsp3) is 0.846. The molecule has 3 atom stereocenters. The fourth-order valence-corrected chi connectivity index (χ4v) is 3.53. The average Bonchev–Trinajstić information content (AvgIpc) is 2.26. The maximum absolute atomic E-state index is 3.89. The average molecular weight is 191 g/mol. The molecule has 1 nitrogen and oxygen atoms in total. The molecule has 0 amide bonds. The SMILES string of the molecule is C1=C2CCCCC2NC2CCCCC12. The van der Waals surface area contributed by atoms with E-state index in [9.17, 15) is 0 Å². The second-order valence-corrected chi connectivity index (χ2v) is 5.26. The molecule has 2 saturated carbocycles. The monoisotopic (exact) mass is 191 g/mol. The van der Waals surface area contributed by atoms with Gasteiger partial charge in [0.05, 0.1) is 0 Å².